The average molecular weight is 266 g/mol. The lowest BCUT2D eigenvalue weighted by molar-refractivity contribution is 0.328. The molecule has 100 valence electrons. The van der Waals surface area contributed by atoms with Crippen LogP contribution in [0.25, 0.3) is 0 Å². The Morgan fingerprint density at radius 2 is 2.00 bits per heavy atom. The molecule has 0 aliphatic heterocycles. The number of oxazole rings is 1. The highest BCUT2D eigenvalue weighted by atomic mass is 19.1. The van der Waals surface area contributed by atoms with Gasteiger partial charge in [-0.15, -0.1) is 0 Å². The minimum absolute atomic E-state index is 0.0149. The van der Waals surface area contributed by atoms with Gasteiger partial charge in [0.25, 0.3) is 0 Å². The summed E-state index contributed by atoms with van der Waals surface area (Å²) < 4.78 is 36.2. The first-order valence-corrected chi connectivity index (χ1v) is 6.01. The van der Waals surface area contributed by atoms with Gasteiger partial charge in [0.15, 0.2) is 0 Å². The van der Waals surface area contributed by atoms with Gasteiger partial charge in [-0.25, -0.2) is 8.78 Å². The molecule has 0 atom stereocenters. The molecule has 3 rings (SSSR count). The Hall–Kier alpha value is -1.95. The smallest absolute Gasteiger partial charge is 0.399 e. The molecule has 1 saturated carbocycles. The van der Waals surface area contributed by atoms with E-state index >= 15 is 0 Å². The highest BCUT2D eigenvalue weighted by Gasteiger charge is 2.20. The molecule has 0 amide bonds. The molecular weight excluding hydrogens is 254 g/mol. The second-order valence-electron chi connectivity index (χ2n) is 4.47. The molecular formula is C13H12F2N2O2. The quantitative estimate of drug-likeness (QED) is 0.903. The maximum absolute atomic E-state index is 13.0. The summed E-state index contributed by atoms with van der Waals surface area (Å²) in [5, 5.41) is 3.27. The fraction of sp³-hybridized carbons (Fsp3) is 0.308. The molecule has 1 heterocycles. The van der Waals surface area contributed by atoms with Crippen LogP contribution < -0.4 is 10.1 Å². The molecule has 1 N–H and O–H groups in total. The van der Waals surface area contributed by atoms with E-state index in [1.165, 1.54) is 19.1 Å². The van der Waals surface area contributed by atoms with E-state index in [0.29, 0.717) is 18.3 Å². The number of halogens is 2. The van der Waals surface area contributed by atoms with E-state index in [1.54, 1.807) is 0 Å². The highest BCUT2D eigenvalue weighted by Crippen LogP contribution is 2.23. The number of nitrogens with one attached hydrogen (secondary N) is 1. The lowest BCUT2D eigenvalue weighted by Crippen LogP contribution is -2.15. The van der Waals surface area contributed by atoms with Crippen LogP contribution in [0.2, 0.25) is 0 Å². The number of hydrogen-bond acceptors (Lipinski definition) is 4. The Morgan fingerprint density at radius 3 is 2.68 bits per heavy atom. The zero-order chi connectivity index (χ0) is 13.2. The number of hydrogen-bond donors (Lipinski definition) is 1. The number of benzene rings is 1. The number of rotatable bonds is 5. The van der Waals surface area contributed by atoms with Gasteiger partial charge in [0, 0.05) is 30.8 Å². The zero-order valence-electron chi connectivity index (χ0n) is 10.0. The van der Waals surface area contributed by atoms with Gasteiger partial charge in [0.1, 0.15) is 23.6 Å². The number of aromatic nitrogens is 1. The summed E-state index contributed by atoms with van der Waals surface area (Å²) in [4.78, 5) is 4.07. The predicted molar refractivity (Wildman–Crippen MR) is 62.8 cm³/mol. The molecule has 0 radical (unpaired) electrons. The maximum Gasteiger partial charge on any atom is 0.399 e. The van der Waals surface area contributed by atoms with Crippen LogP contribution in [0.5, 0.6) is 11.8 Å². The van der Waals surface area contributed by atoms with Crippen molar-refractivity contribution in [3.05, 3.63) is 41.8 Å². The van der Waals surface area contributed by atoms with Gasteiger partial charge in [-0.3, -0.25) is 0 Å². The summed E-state index contributed by atoms with van der Waals surface area (Å²) in [6.07, 6.45) is 3.80. The molecule has 19 heavy (non-hydrogen) atoms. The van der Waals surface area contributed by atoms with Crippen LogP contribution in [-0.2, 0) is 6.54 Å². The maximum atomic E-state index is 13.0. The van der Waals surface area contributed by atoms with Crippen LogP contribution in [0, 0.1) is 11.6 Å². The van der Waals surface area contributed by atoms with Crippen molar-refractivity contribution in [2.75, 3.05) is 0 Å². The van der Waals surface area contributed by atoms with E-state index in [0.717, 1.165) is 18.2 Å². The molecule has 1 fully saturated rings. The SMILES string of the molecule is Fc1cc(F)cc(Oc2nc(CNC3CC3)co2)c1. The van der Waals surface area contributed by atoms with Crippen molar-refractivity contribution in [2.24, 2.45) is 0 Å². The van der Waals surface area contributed by atoms with Crippen molar-refractivity contribution in [3.8, 4) is 11.8 Å². The fourth-order valence-corrected chi connectivity index (χ4v) is 1.64. The van der Waals surface area contributed by atoms with E-state index in [9.17, 15) is 8.78 Å². The molecule has 2 aromatic rings. The molecule has 4 nitrogen and oxygen atoms in total. The van der Waals surface area contributed by atoms with Crippen molar-refractivity contribution >= 4 is 0 Å². The monoisotopic (exact) mass is 266 g/mol. The minimum atomic E-state index is -0.711. The van der Waals surface area contributed by atoms with E-state index in [4.69, 9.17) is 9.15 Å². The molecule has 1 aliphatic rings. The third-order valence-electron chi connectivity index (χ3n) is 2.72. The molecule has 0 spiro atoms. The molecule has 1 aromatic carbocycles. The lowest BCUT2D eigenvalue weighted by Gasteiger charge is -2.00. The van der Waals surface area contributed by atoms with Crippen molar-refractivity contribution < 1.29 is 17.9 Å². The molecule has 0 bridgehead atoms. The first kappa shape index (κ1) is 12.1. The lowest BCUT2D eigenvalue weighted by atomic mass is 10.3. The van der Waals surface area contributed by atoms with Crippen LogP contribution in [0.3, 0.4) is 0 Å². The van der Waals surface area contributed by atoms with Crippen molar-refractivity contribution in [1.82, 2.24) is 10.3 Å². The van der Waals surface area contributed by atoms with Crippen LogP contribution in [0.1, 0.15) is 18.5 Å². The molecule has 1 aromatic heterocycles. The number of ether oxygens (including phenoxy) is 1. The second kappa shape index (κ2) is 4.97. The summed E-state index contributed by atoms with van der Waals surface area (Å²) in [5.74, 6) is -1.41. The predicted octanol–water partition coefficient (Wildman–Crippen LogP) is 3.00. The summed E-state index contributed by atoms with van der Waals surface area (Å²) in [7, 11) is 0. The molecule has 6 heteroatoms. The van der Waals surface area contributed by atoms with Gasteiger partial charge in [-0.1, -0.05) is 0 Å². The Bertz CT molecular complexity index is 562. The van der Waals surface area contributed by atoms with Gasteiger partial charge >= 0.3 is 6.08 Å². The molecule has 0 unspecified atom stereocenters. The third-order valence-corrected chi connectivity index (χ3v) is 2.72. The summed E-state index contributed by atoms with van der Waals surface area (Å²) in [6.45, 7) is 0.592. The molecule has 1 aliphatic carbocycles. The Labute approximate surface area is 108 Å². The molecule has 0 saturated heterocycles. The van der Waals surface area contributed by atoms with Gasteiger partial charge in [0.05, 0.1) is 5.69 Å². The standard InChI is InChI=1S/C13H12F2N2O2/c14-8-3-9(15)5-12(4-8)19-13-17-11(7-18-13)6-16-10-1-2-10/h3-5,7,10,16H,1-2,6H2. The van der Waals surface area contributed by atoms with Crippen LogP contribution in [0.15, 0.2) is 28.9 Å². The highest BCUT2D eigenvalue weighted by molar-refractivity contribution is 5.26. The van der Waals surface area contributed by atoms with E-state index in [1.807, 2.05) is 0 Å². The third kappa shape index (κ3) is 3.29. The van der Waals surface area contributed by atoms with Gasteiger partial charge in [0.2, 0.25) is 0 Å². The normalized spacial score (nSPS) is 14.6. The zero-order valence-corrected chi connectivity index (χ0v) is 10.0. The van der Waals surface area contributed by atoms with Gasteiger partial charge < -0.3 is 14.5 Å². The first-order valence-electron chi connectivity index (χ1n) is 6.01. The van der Waals surface area contributed by atoms with Crippen molar-refractivity contribution in [2.45, 2.75) is 25.4 Å². The van der Waals surface area contributed by atoms with Crippen LogP contribution in [-0.4, -0.2) is 11.0 Å². The van der Waals surface area contributed by atoms with Crippen LogP contribution in [0.4, 0.5) is 8.78 Å². The number of nitrogens with zero attached hydrogens (tertiary/aromatic N) is 1. The second-order valence-corrected chi connectivity index (χ2v) is 4.47. The summed E-state index contributed by atoms with van der Waals surface area (Å²) >= 11 is 0. The topological polar surface area (TPSA) is 47.3 Å². The van der Waals surface area contributed by atoms with E-state index in [-0.39, 0.29) is 11.8 Å². The Balaban J connectivity index is 1.65. The summed E-state index contributed by atoms with van der Waals surface area (Å²) in [6, 6.07) is 3.47. The van der Waals surface area contributed by atoms with E-state index in [2.05, 4.69) is 10.3 Å². The first-order chi connectivity index (χ1) is 9.19. The van der Waals surface area contributed by atoms with E-state index < -0.39 is 11.6 Å². The summed E-state index contributed by atoms with van der Waals surface area (Å²) in [5.41, 5.74) is 0.693. The van der Waals surface area contributed by atoms with Crippen molar-refractivity contribution in [1.29, 1.82) is 0 Å². The fourth-order valence-electron chi connectivity index (χ4n) is 1.64. The average Bonchev–Trinajstić information content (AvgIpc) is 3.06. The van der Waals surface area contributed by atoms with Gasteiger partial charge in [-0.05, 0) is 12.8 Å². The Kier molecular flexibility index (Phi) is 3.16. The van der Waals surface area contributed by atoms with Gasteiger partial charge in [-0.2, -0.15) is 4.98 Å². The largest absolute Gasteiger partial charge is 0.417 e. The van der Waals surface area contributed by atoms with Crippen LogP contribution >= 0.6 is 0 Å². The minimum Gasteiger partial charge on any atom is -0.417 e. The van der Waals surface area contributed by atoms with Crippen molar-refractivity contribution in [3.63, 3.8) is 0 Å². The Morgan fingerprint density at radius 1 is 1.26 bits per heavy atom.